The van der Waals surface area contributed by atoms with Gasteiger partial charge in [-0.05, 0) is 33.2 Å². The third kappa shape index (κ3) is 2.41. The zero-order valence-corrected chi connectivity index (χ0v) is 9.88. The van der Waals surface area contributed by atoms with E-state index in [4.69, 9.17) is 5.73 Å². The molecule has 88 valence electrons. The number of nitrogen functional groups attached to an aromatic ring is 1. The number of hydrogen-bond donors (Lipinski definition) is 3. The Morgan fingerprint density at radius 2 is 2.38 bits per heavy atom. The number of aryl methyl sites for hydroxylation is 1. The number of rotatable bonds is 2. The summed E-state index contributed by atoms with van der Waals surface area (Å²) in [4.78, 5) is 8.49. The lowest BCUT2D eigenvalue weighted by atomic mass is 9.93. The molecule has 0 bridgehead atoms. The monoisotopic (exact) mass is 221 g/mol. The summed E-state index contributed by atoms with van der Waals surface area (Å²) in [7, 11) is 0. The van der Waals surface area contributed by atoms with Crippen LogP contribution in [0.15, 0.2) is 6.20 Å². The van der Waals surface area contributed by atoms with Crippen molar-refractivity contribution in [3.05, 3.63) is 11.8 Å². The van der Waals surface area contributed by atoms with E-state index in [0.717, 1.165) is 25.1 Å². The third-order valence-corrected chi connectivity index (χ3v) is 3.02. The summed E-state index contributed by atoms with van der Waals surface area (Å²) >= 11 is 0. The van der Waals surface area contributed by atoms with Gasteiger partial charge in [-0.1, -0.05) is 0 Å². The van der Waals surface area contributed by atoms with E-state index in [1.807, 2.05) is 6.92 Å². The molecule has 0 saturated carbocycles. The molecule has 0 aromatic carbocycles. The maximum Gasteiger partial charge on any atom is 0.225 e. The van der Waals surface area contributed by atoms with E-state index >= 15 is 0 Å². The van der Waals surface area contributed by atoms with Gasteiger partial charge in [0.2, 0.25) is 5.95 Å². The summed E-state index contributed by atoms with van der Waals surface area (Å²) in [5.74, 6) is 1.17. The van der Waals surface area contributed by atoms with E-state index in [1.165, 1.54) is 6.42 Å². The van der Waals surface area contributed by atoms with Crippen LogP contribution in [0, 0.1) is 6.92 Å². The Hall–Kier alpha value is -1.36. The van der Waals surface area contributed by atoms with Crippen LogP contribution in [-0.4, -0.2) is 28.6 Å². The van der Waals surface area contributed by atoms with Crippen molar-refractivity contribution in [1.29, 1.82) is 0 Å². The summed E-state index contributed by atoms with van der Waals surface area (Å²) in [5, 5.41) is 6.73. The highest BCUT2D eigenvalue weighted by molar-refractivity contribution is 5.43. The van der Waals surface area contributed by atoms with Gasteiger partial charge in [0.05, 0.1) is 0 Å². The third-order valence-electron chi connectivity index (χ3n) is 3.02. The van der Waals surface area contributed by atoms with Crippen molar-refractivity contribution in [2.75, 3.05) is 24.1 Å². The zero-order chi connectivity index (χ0) is 11.6. The fraction of sp³-hybridized carbons (Fsp3) is 0.636. The van der Waals surface area contributed by atoms with E-state index in [9.17, 15) is 0 Å². The molecule has 1 saturated heterocycles. The summed E-state index contributed by atoms with van der Waals surface area (Å²) in [6, 6.07) is 0. The zero-order valence-electron chi connectivity index (χ0n) is 9.88. The van der Waals surface area contributed by atoms with Gasteiger partial charge in [0.25, 0.3) is 0 Å². The van der Waals surface area contributed by atoms with Crippen molar-refractivity contribution in [3.63, 3.8) is 0 Å². The number of hydrogen-bond acceptors (Lipinski definition) is 5. The van der Waals surface area contributed by atoms with Gasteiger partial charge < -0.3 is 16.4 Å². The van der Waals surface area contributed by atoms with Crippen LogP contribution < -0.4 is 16.4 Å². The number of aromatic nitrogens is 2. The molecule has 16 heavy (non-hydrogen) atoms. The Labute approximate surface area is 95.9 Å². The van der Waals surface area contributed by atoms with Gasteiger partial charge in [-0.3, -0.25) is 0 Å². The fourth-order valence-electron chi connectivity index (χ4n) is 1.95. The van der Waals surface area contributed by atoms with Gasteiger partial charge in [-0.25, -0.2) is 4.98 Å². The minimum absolute atomic E-state index is 0.0277. The smallest absolute Gasteiger partial charge is 0.225 e. The Morgan fingerprint density at radius 3 is 3.00 bits per heavy atom. The minimum Gasteiger partial charge on any atom is -0.383 e. The molecule has 5 nitrogen and oxygen atoms in total. The summed E-state index contributed by atoms with van der Waals surface area (Å²) in [6.07, 6.45) is 4.05. The molecule has 0 spiro atoms. The van der Waals surface area contributed by atoms with Crippen molar-refractivity contribution in [3.8, 4) is 0 Å². The first-order valence-electron chi connectivity index (χ1n) is 5.67. The van der Waals surface area contributed by atoms with Crippen molar-refractivity contribution in [1.82, 2.24) is 15.3 Å². The van der Waals surface area contributed by atoms with Crippen molar-refractivity contribution < 1.29 is 0 Å². The Kier molecular flexibility index (Phi) is 2.96. The number of nitrogens with two attached hydrogens (primary N) is 1. The van der Waals surface area contributed by atoms with Gasteiger partial charge in [0.15, 0.2) is 0 Å². The molecule has 1 unspecified atom stereocenters. The van der Waals surface area contributed by atoms with Gasteiger partial charge in [0, 0.05) is 23.8 Å². The quantitative estimate of drug-likeness (QED) is 0.692. The molecule has 5 heteroatoms. The van der Waals surface area contributed by atoms with Crippen LogP contribution in [0.5, 0.6) is 0 Å². The lowest BCUT2D eigenvalue weighted by Crippen LogP contribution is -2.49. The molecule has 0 aliphatic carbocycles. The van der Waals surface area contributed by atoms with E-state index in [-0.39, 0.29) is 5.54 Å². The molecule has 4 N–H and O–H groups in total. The fourth-order valence-corrected chi connectivity index (χ4v) is 1.95. The van der Waals surface area contributed by atoms with E-state index in [0.29, 0.717) is 11.8 Å². The highest BCUT2D eigenvalue weighted by Crippen LogP contribution is 2.20. The summed E-state index contributed by atoms with van der Waals surface area (Å²) < 4.78 is 0. The maximum atomic E-state index is 5.76. The lowest BCUT2D eigenvalue weighted by molar-refractivity contribution is 0.367. The largest absolute Gasteiger partial charge is 0.383 e. The average molecular weight is 221 g/mol. The Bertz CT molecular complexity index is 371. The molecule has 1 aromatic rings. The Balaban J connectivity index is 2.10. The normalized spacial score (nSPS) is 25.4. The van der Waals surface area contributed by atoms with Crippen molar-refractivity contribution in [2.24, 2.45) is 0 Å². The number of nitrogens with one attached hydrogen (secondary N) is 2. The molecule has 2 heterocycles. The molecule has 1 atom stereocenters. The standard InChI is InChI=1S/C11H19N5/c1-8-6-14-10(15-9(8)12)16-11(2)4-3-5-13-7-11/h6,13H,3-5,7H2,1-2H3,(H3,12,14,15,16). The highest BCUT2D eigenvalue weighted by Gasteiger charge is 2.27. The molecular weight excluding hydrogens is 202 g/mol. The highest BCUT2D eigenvalue weighted by atomic mass is 15.2. The van der Waals surface area contributed by atoms with Crippen LogP contribution in [0.2, 0.25) is 0 Å². The maximum absolute atomic E-state index is 5.76. The van der Waals surface area contributed by atoms with Crippen LogP contribution in [0.3, 0.4) is 0 Å². The first-order valence-corrected chi connectivity index (χ1v) is 5.67. The van der Waals surface area contributed by atoms with Gasteiger partial charge in [0.1, 0.15) is 5.82 Å². The second-order valence-electron chi connectivity index (χ2n) is 4.73. The Morgan fingerprint density at radius 1 is 1.56 bits per heavy atom. The number of anilines is 2. The van der Waals surface area contributed by atoms with Crippen molar-refractivity contribution >= 4 is 11.8 Å². The van der Waals surface area contributed by atoms with Crippen molar-refractivity contribution in [2.45, 2.75) is 32.2 Å². The predicted octanol–water partition coefficient (Wildman–Crippen LogP) is 0.921. The molecule has 0 radical (unpaired) electrons. The molecule has 1 fully saturated rings. The first-order chi connectivity index (χ1) is 7.59. The predicted molar refractivity (Wildman–Crippen MR) is 65.3 cm³/mol. The van der Waals surface area contributed by atoms with Gasteiger partial charge >= 0.3 is 0 Å². The molecule has 2 rings (SSSR count). The molecule has 1 aliphatic rings. The van der Waals surface area contributed by atoms with Gasteiger partial charge in [-0.2, -0.15) is 4.98 Å². The number of piperidine rings is 1. The minimum atomic E-state index is 0.0277. The summed E-state index contributed by atoms with van der Waals surface area (Å²) in [6.45, 7) is 6.11. The van der Waals surface area contributed by atoms with E-state index in [1.54, 1.807) is 6.20 Å². The molecule has 1 aliphatic heterocycles. The SMILES string of the molecule is Cc1cnc(NC2(C)CCCNC2)nc1N. The van der Waals surface area contributed by atoms with Crippen LogP contribution in [-0.2, 0) is 0 Å². The topological polar surface area (TPSA) is 75.9 Å². The van der Waals surface area contributed by atoms with Crippen LogP contribution in [0.25, 0.3) is 0 Å². The van der Waals surface area contributed by atoms with Crippen LogP contribution in [0.1, 0.15) is 25.3 Å². The van der Waals surface area contributed by atoms with Crippen LogP contribution in [0.4, 0.5) is 11.8 Å². The molecule has 0 amide bonds. The van der Waals surface area contributed by atoms with Crippen LogP contribution >= 0.6 is 0 Å². The average Bonchev–Trinajstić information content (AvgIpc) is 2.24. The lowest BCUT2D eigenvalue weighted by Gasteiger charge is -2.35. The molecule has 1 aromatic heterocycles. The summed E-state index contributed by atoms with van der Waals surface area (Å²) in [5.41, 5.74) is 6.70. The molecular formula is C11H19N5. The number of nitrogens with zero attached hydrogens (tertiary/aromatic N) is 2. The second kappa shape index (κ2) is 4.25. The van der Waals surface area contributed by atoms with Gasteiger partial charge in [-0.15, -0.1) is 0 Å². The van der Waals surface area contributed by atoms with E-state index in [2.05, 4.69) is 27.5 Å². The first kappa shape index (κ1) is 11.1. The van der Waals surface area contributed by atoms with E-state index < -0.39 is 0 Å². The second-order valence-corrected chi connectivity index (χ2v) is 4.73.